The number of aromatic nitrogens is 2. The van der Waals surface area contributed by atoms with Gasteiger partial charge in [0.1, 0.15) is 11.5 Å². The number of nitrogens with zero attached hydrogens (tertiary/aromatic N) is 4. The van der Waals surface area contributed by atoms with Crippen LogP contribution in [-0.4, -0.2) is 45.9 Å². The molecule has 7 heteroatoms. The summed E-state index contributed by atoms with van der Waals surface area (Å²) >= 11 is 3.46. The second-order valence-corrected chi connectivity index (χ2v) is 7.62. The van der Waals surface area contributed by atoms with Crippen molar-refractivity contribution in [3.8, 4) is 11.4 Å². The molecule has 0 fully saturated rings. The average Bonchev–Trinajstić information content (AvgIpc) is 3.26. The Kier molecular flexibility index (Phi) is 4.56. The van der Waals surface area contributed by atoms with Gasteiger partial charge >= 0.3 is 6.03 Å². The van der Waals surface area contributed by atoms with Crippen LogP contribution in [0.3, 0.4) is 0 Å². The van der Waals surface area contributed by atoms with Gasteiger partial charge in [0, 0.05) is 16.6 Å². The SMILES string of the molecule is CCCCN1C(=O)N2CC(CC)N=C2c2[nH]c(-c3ccc(Br)cc3)nc21. The predicted octanol–water partition coefficient (Wildman–Crippen LogP) is 4.42. The van der Waals surface area contributed by atoms with Crippen LogP contribution in [0.15, 0.2) is 33.7 Å². The van der Waals surface area contributed by atoms with Gasteiger partial charge in [-0.05, 0) is 25.0 Å². The van der Waals surface area contributed by atoms with Crippen molar-refractivity contribution >= 4 is 33.6 Å². The molecule has 6 nitrogen and oxygen atoms in total. The summed E-state index contributed by atoms with van der Waals surface area (Å²) in [4.78, 5) is 29.6. The molecule has 0 radical (unpaired) electrons. The van der Waals surface area contributed by atoms with Crippen molar-refractivity contribution in [1.82, 2.24) is 14.9 Å². The van der Waals surface area contributed by atoms with Crippen LogP contribution < -0.4 is 4.90 Å². The minimum Gasteiger partial charge on any atom is -0.334 e. The number of carbonyl (C=O) groups is 1. The van der Waals surface area contributed by atoms with Crippen LogP contribution in [0.2, 0.25) is 0 Å². The molecule has 2 amide bonds. The Morgan fingerprint density at radius 2 is 2.04 bits per heavy atom. The number of H-pyrrole nitrogens is 1. The van der Waals surface area contributed by atoms with E-state index in [1.165, 1.54) is 0 Å². The number of rotatable bonds is 5. The first-order valence-electron chi connectivity index (χ1n) is 9.15. The van der Waals surface area contributed by atoms with Gasteiger partial charge in [0.25, 0.3) is 0 Å². The molecule has 0 saturated heterocycles. The number of anilines is 1. The number of imidazole rings is 1. The minimum atomic E-state index is -0.00509. The monoisotopic (exact) mass is 415 g/mol. The van der Waals surface area contributed by atoms with Gasteiger partial charge in [-0.25, -0.2) is 9.78 Å². The van der Waals surface area contributed by atoms with Gasteiger partial charge in [0.2, 0.25) is 0 Å². The van der Waals surface area contributed by atoms with E-state index in [1.807, 2.05) is 24.3 Å². The molecule has 1 atom stereocenters. The van der Waals surface area contributed by atoms with E-state index >= 15 is 0 Å². The number of benzene rings is 1. The molecule has 2 aliphatic rings. The zero-order valence-corrected chi connectivity index (χ0v) is 16.6. The van der Waals surface area contributed by atoms with Crippen molar-refractivity contribution in [2.45, 2.75) is 39.2 Å². The highest BCUT2D eigenvalue weighted by molar-refractivity contribution is 9.10. The summed E-state index contributed by atoms with van der Waals surface area (Å²) < 4.78 is 1.02. The van der Waals surface area contributed by atoms with Gasteiger partial charge in [0.15, 0.2) is 11.7 Å². The quantitative estimate of drug-likeness (QED) is 0.784. The third-order valence-electron chi connectivity index (χ3n) is 4.90. The van der Waals surface area contributed by atoms with Gasteiger partial charge in [0.05, 0.1) is 12.6 Å². The maximum atomic E-state index is 13.0. The van der Waals surface area contributed by atoms with E-state index < -0.39 is 0 Å². The molecule has 0 bridgehead atoms. The van der Waals surface area contributed by atoms with E-state index in [0.29, 0.717) is 18.9 Å². The van der Waals surface area contributed by atoms with Crippen LogP contribution in [0.25, 0.3) is 11.4 Å². The number of amidine groups is 1. The summed E-state index contributed by atoms with van der Waals surface area (Å²) in [5.74, 6) is 2.20. The molecule has 0 spiro atoms. The van der Waals surface area contributed by atoms with Crippen LogP contribution in [-0.2, 0) is 0 Å². The molecule has 1 unspecified atom stereocenters. The lowest BCUT2D eigenvalue weighted by Gasteiger charge is -2.32. The summed E-state index contributed by atoms with van der Waals surface area (Å²) in [5.41, 5.74) is 1.84. The number of hydrogen-bond donors (Lipinski definition) is 1. The first kappa shape index (κ1) is 17.3. The zero-order chi connectivity index (χ0) is 18.3. The van der Waals surface area contributed by atoms with E-state index in [4.69, 9.17) is 9.98 Å². The van der Waals surface area contributed by atoms with Crippen LogP contribution in [0.4, 0.5) is 10.6 Å². The third-order valence-corrected chi connectivity index (χ3v) is 5.43. The summed E-state index contributed by atoms with van der Waals surface area (Å²) in [6.45, 7) is 5.56. The summed E-state index contributed by atoms with van der Waals surface area (Å²) in [7, 11) is 0. The number of fused-ring (bicyclic) bond motifs is 3. The van der Waals surface area contributed by atoms with Crippen LogP contribution in [0, 0.1) is 0 Å². The fraction of sp³-hybridized carbons (Fsp3) is 0.421. The second-order valence-electron chi connectivity index (χ2n) is 6.70. The van der Waals surface area contributed by atoms with Gasteiger partial charge in [-0.3, -0.25) is 14.8 Å². The molecule has 136 valence electrons. The number of aromatic amines is 1. The molecule has 4 rings (SSSR count). The van der Waals surface area contributed by atoms with E-state index in [1.54, 1.807) is 9.80 Å². The van der Waals surface area contributed by atoms with Crippen LogP contribution in [0.5, 0.6) is 0 Å². The smallest absolute Gasteiger partial charge is 0.331 e. The summed E-state index contributed by atoms with van der Waals surface area (Å²) in [6, 6.07) is 8.15. The Morgan fingerprint density at radius 1 is 1.27 bits per heavy atom. The number of hydrogen-bond acceptors (Lipinski definition) is 3. The standard InChI is InChI=1S/C19H22BrN5O/c1-3-5-10-24-18-15(17-21-14(4-2)11-25(17)19(24)26)22-16(23-18)12-6-8-13(20)9-7-12/h6-9,14H,3-5,10-11H2,1-2H3,(H,22,23). The number of urea groups is 1. The number of carbonyl (C=O) groups excluding carboxylic acids is 1. The highest BCUT2D eigenvalue weighted by atomic mass is 79.9. The normalized spacial score (nSPS) is 18.8. The number of unbranched alkanes of at least 4 members (excludes halogenated alkanes) is 1. The molecule has 3 heterocycles. The predicted molar refractivity (Wildman–Crippen MR) is 107 cm³/mol. The highest BCUT2D eigenvalue weighted by Crippen LogP contribution is 2.33. The van der Waals surface area contributed by atoms with Crippen molar-refractivity contribution in [1.29, 1.82) is 0 Å². The molecule has 2 aliphatic heterocycles. The van der Waals surface area contributed by atoms with Gasteiger partial charge in [-0.1, -0.05) is 48.3 Å². The number of amides is 2. The van der Waals surface area contributed by atoms with Crippen molar-refractivity contribution < 1.29 is 4.79 Å². The van der Waals surface area contributed by atoms with E-state index in [-0.39, 0.29) is 12.1 Å². The molecule has 0 saturated carbocycles. The summed E-state index contributed by atoms with van der Waals surface area (Å²) in [5, 5.41) is 0. The van der Waals surface area contributed by atoms with Crippen LogP contribution in [0.1, 0.15) is 38.8 Å². The molecule has 26 heavy (non-hydrogen) atoms. The molecule has 2 aromatic rings. The highest BCUT2D eigenvalue weighted by Gasteiger charge is 2.41. The maximum absolute atomic E-state index is 13.0. The minimum absolute atomic E-state index is 0.00509. The van der Waals surface area contributed by atoms with Gasteiger partial charge < -0.3 is 4.98 Å². The Morgan fingerprint density at radius 3 is 2.73 bits per heavy atom. The first-order valence-corrected chi connectivity index (χ1v) is 9.94. The maximum Gasteiger partial charge on any atom is 0.331 e. The zero-order valence-electron chi connectivity index (χ0n) is 15.0. The molecular weight excluding hydrogens is 394 g/mol. The lowest BCUT2D eigenvalue weighted by molar-refractivity contribution is 0.226. The van der Waals surface area contributed by atoms with Gasteiger partial charge in [-0.2, -0.15) is 0 Å². The first-order chi connectivity index (χ1) is 12.6. The lowest BCUT2D eigenvalue weighted by atomic mass is 10.2. The van der Waals surface area contributed by atoms with Crippen molar-refractivity contribution in [3.05, 3.63) is 34.4 Å². The third kappa shape index (κ3) is 2.84. The Hall–Kier alpha value is -2.15. The molecule has 1 aromatic heterocycles. The Bertz CT molecular complexity index is 857. The molecule has 1 aromatic carbocycles. The summed E-state index contributed by atoms with van der Waals surface area (Å²) in [6.07, 6.45) is 2.90. The average molecular weight is 416 g/mol. The second kappa shape index (κ2) is 6.87. The van der Waals surface area contributed by atoms with Crippen molar-refractivity contribution in [2.75, 3.05) is 18.0 Å². The van der Waals surface area contributed by atoms with Crippen molar-refractivity contribution in [3.63, 3.8) is 0 Å². The molecule has 1 N–H and O–H groups in total. The topological polar surface area (TPSA) is 64.6 Å². The fourth-order valence-corrected chi connectivity index (χ4v) is 3.65. The largest absolute Gasteiger partial charge is 0.334 e. The van der Waals surface area contributed by atoms with E-state index in [0.717, 1.165) is 46.7 Å². The van der Waals surface area contributed by atoms with E-state index in [2.05, 4.69) is 34.8 Å². The van der Waals surface area contributed by atoms with E-state index in [9.17, 15) is 4.79 Å². The Labute approximate surface area is 161 Å². The number of halogens is 1. The fourth-order valence-electron chi connectivity index (χ4n) is 3.38. The van der Waals surface area contributed by atoms with Gasteiger partial charge in [-0.15, -0.1) is 0 Å². The molecule has 0 aliphatic carbocycles. The van der Waals surface area contributed by atoms with Crippen LogP contribution >= 0.6 is 15.9 Å². The number of aliphatic imine (C=N–C) groups is 1. The lowest BCUT2D eigenvalue weighted by Crippen LogP contribution is -2.50. The Balaban J connectivity index is 1.79. The number of nitrogens with one attached hydrogen (secondary N) is 1. The molecular formula is C19H22BrN5O. The van der Waals surface area contributed by atoms with Crippen molar-refractivity contribution in [2.24, 2.45) is 4.99 Å².